The van der Waals surface area contributed by atoms with Crippen molar-refractivity contribution in [1.82, 2.24) is 15.1 Å². The molecule has 0 atom stereocenters. The van der Waals surface area contributed by atoms with Gasteiger partial charge in [0.05, 0.1) is 5.69 Å². The number of nitrogens with zero attached hydrogens (tertiary/aromatic N) is 4. The Bertz CT molecular complexity index is 474. The van der Waals surface area contributed by atoms with Gasteiger partial charge in [-0.1, -0.05) is 27.7 Å². The SMILES string of the molecule is CCc1nnc(NCCCN(CC)CC)c(C#N)c1CC. The Labute approximate surface area is 128 Å². The minimum absolute atomic E-state index is 0.631. The molecule has 0 aliphatic carbocycles. The Balaban J connectivity index is 2.70. The van der Waals surface area contributed by atoms with Crippen LogP contribution in [0, 0.1) is 11.3 Å². The molecule has 0 spiro atoms. The van der Waals surface area contributed by atoms with Crippen molar-refractivity contribution in [3.05, 3.63) is 16.8 Å². The molecular formula is C16H27N5. The van der Waals surface area contributed by atoms with Crippen LogP contribution in [0.3, 0.4) is 0 Å². The fourth-order valence-corrected chi connectivity index (χ4v) is 2.47. The topological polar surface area (TPSA) is 64.8 Å². The first kappa shape index (κ1) is 17.4. The van der Waals surface area contributed by atoms with E-state index in [0.29, 0.717) is 11.4 Å². The summed E-state index contributed by atoms with van der Waals surface area (Å²) < 4.78 is 0. The van der Waals surface area contributed by atoms with Gasteiger partial charge in [-0.3, -0.25) is 0 Å². The predicted octanol–water partition coefficient (Wildman–Crippen LogP) is 2.62. The number of aromatic nitrogens is 2. The lowest BCUT2D eigenvalue weighted by Gasteiger charge is -2.18. The molecule has 1 aromatic heterocycles. The number of hydrogen-bond donors (Lipinski definition) is 1. The number of rotatable bonds is 9. The van der Waals surface area contributed by atoms with E-state index in [9.17, 15) is 5.26 Å². The molecule has 5 nitrogen and oxygen atoms in total. The molecule has 21 heavy (non-hydrogen) atoms. The van der Waals surface area contributed by atoms with Crippen LogP contribution in [0.25, 0.3) is 0 Å². The summed E-state index contributed by atoms with van der Waals surface area (Å²) in [5, 5.41) is 21.1. The van der Waals surface area contributed by atoms with E-state index in [2.05, 4.69) is 47.3 Å². The molecule has 0 radical (unpaired) electrons. The average molecular weight is 289 g/mol. The molecule has 0 amide bonds. The number of nitriles is 1. The van der Waals surface area contributed by atoms with E-state index in [1.807, 2.05) is 6.92 Å². The van der Waals surface area contributed by atoms with Gasteiger partial charge in [-0.2, -0.15) is 10.4 Å². The van der Waals surface area contributed by atoms with Crippen LogP contribution in [0.2, 0.25) is 0 Å². The van der Waals surface area contributed by atoms with Crippen LogP contribution in [0.15, 0.2) is 0 Å². The van der Waals surface area contributed by atoms with Crippen LogP contribution in [-0.4, -0.2) is 41.3 Å². The van der Waals surface area contributed by atoms with E-state index >= 15 is 0 Å². The van der Waals surface area contributed by atoms with Crippen molar-refractivity contribution >= 4 is 5.82 Å². The molecule has 1 N–H and O–H groups in total. The molecule has 0 saturated heterocycles. The van der Waals surface area contributed by atoms with Gasteiger partial charge in [-0.25, -0.2) is 0 Å². The fourth-order valence-electron chi connectivity index (χ4n) is 2.47. The Hall–Kier alpha value is -1.67. The highest BCUT2D eigenvalue weighted by Crippen LogP contribution is 2.19. The second kappa shape index (κ2) is 9.30. The molecule has 0 unspecified atom stereocenters. The van der Waals surface area contributed by atoms with E-state index < -0.39 is 0 Å². The largest absolute Gasteiger partial charge is 0.367 e. The quantitative estimate of drug-likeness (QED) is 0.708. The zero-order chi connectivity index (χ0) is 15.7. The zero-order valence-electron chi connectivity index (χ0n) is 13.7. The summed E-state index contributed by atoms with van der Waals surface area (Å²) in [5.41, 5.74) is 2.62. The summed E-state index contributed by atoms with van der Waals surface area (Å²) in [4.78, 5) is 2.39. The van der Waals surface area contributed by atoms with Crippen molar-refractivity contribution in [3.8, 4) is 6.07 Å². The van der Waals surface area contributed by atoms with Gasteiger partial charge < -0.3 is 10.2 Å². The van der Waals surface area contributed by atoms with Gasteiger partial charge in [0, 0.05) is 6.54 Å². The zero-order valence-corrected chi connectivity index (χ0v) is 13.7. The maximum Gasteiger partial charge on any atom is 0.166 e. The lowest BCUT2D eigenvalue weighted by molar-refractivity contribution is 0.303. The molecule has 1 rings (SSSR count). The lowest BCUT2D eigenvalue weighted by Crippen LogP contribution is -2.25. The van der Waals surface area contributed by atoms with Crippen molar-refractivity contribution in [3.63, 3.8) is 0 Å². The molecule has 0 saturated carbocycles. The number of hydrogen-bond acceptors (Lipinski definition) is 5. The molecule has 0 bridgehead atoms. The average Bonchev–Trinajstić information content (AvgIpc) is 2.53. The van der Waals surface area contributed by atoms with Crippen molar-refractivity contribution < 1.29 is 0 Å². The number of anilines is 1. The van der Waals surface area contributed by atoms with Crippen molar-refractivity contribution in [2.24, 2.45) is 0 Å². The molecule has 0 aromatic carbocycles. The smallest absolute Gasteiger partial charge is 0.166 e. The third-order valence-electron chi connectivity index (χ3n) is 3.80. The summed E-state index contributed by atoms with van der Waals surface area (Å²) >= 11 is 0. The second-order valence-electron chi connectivity index (χ2n) is 4.97. The van der Waals surface area contributed by atoms with Gasteiger partial charge in [-0.05, 0) is 44.5 Å². The highest BCUT2D eigenvalue weighted by molar-refractivity contribution is 5.56. The van der Waals surface area contributed by atoms with E-state index in [0.717, 1.165) is 56.7 Å². The van der Waals surface area contributed by atoms with Crippen molar-refractivity contribution in [1.29, 1.82) is 5.26 Å². The Morgan fingerprint density at radius 2 is 1.81 bits per heavy atom. The van der Waals surface area contributed by atoms with Crippen LogP contribution >= 0.6 is 0 Å². The molecule has 0 fully saturated rings. The number of aryl methyl sites for hydroxylation is 1. The lowest BCUT2D eigenvalue weighted by atomic mass is 10.0. The fraction of sp³-hybridized carbons (Fsp3) is 0.688. The maximum absolute atomic E-state index is 9.41. The van der Waals surface area contributed by atoms with Gasteiger partial charge in [0.2, 0.25) is 0 Å². The first-order chi connectivity index (χ1) is 10.2. The molecule has 5 heteroatoms. The summed E-state index contributed by atoms with van der Waals surface area (Å²) in [5.74, 6) is 0.631. The van der Waals surface area contributed by atoms with Crippen LogP contribution < -0.4 is 5.32 Å². The Kier molecular flexibility index (Phi) is 7.70. The molecule has 116 valence electrons. The van der Waals surface area contributed by atoms with Crippen molar-refractivity contribution in [2.75, 3.05) is 31.5 Å². The normalized spacial score (nSPS) is 10.7. The third kappa shape index (κ3) is 4.68. The molecule has 0 aliphatic rings. The first-order valence-electron chi connectivity index (χ1n) is 7.96. The number of nitrogens with one attached hydrogen (secondary N) is 1. The van der Waals surface area contributed by atoms with Crippen LogP contribution in [-0.2, 0) is 12.8 Å². The van der Waals surface area contributed by atoms with Gasteiger partial charge in [-0.15, -0.1) is 5.10 Å². The monoisotopic (exact) mass is 289 g/mol. The second-order valence-corrected chi connectivity index (χ2v) is 4.97. The predicted molar refractivity (Wildman–Crippen MR) is 86.4 cm³/mol. The molecule has 1 heterocycles. The minimum Gasteiger partial charge on any atom is -0.367 e. The van der Waals surface area contributed by atoms with E-state index in [4.69, 9.17) is 0 Å². The van der Waals surface area contributed by atoms with Gasteiger partial charge in [0.25, 0.3) is 0 Å². The van der Waals surface area contributed by atoms with E-state index in [-0.39, 0.29) is 0 Å². The van der Waals surface area contributed by atoms with Gasteiger partial charge >= 0.3 is 0 Å². The molecule has 0 aliphatic heterocycles. The maximum atomic E-state index is 9.41. The minimum atomic E-state index is 0.631. The molecule has 1 aromatic rings. The van der Waals surface area contributed by atoms with Crippen LogP contribution in [0.1, 0.15) is 50.9 Å². The van der Waals surface area contributed by atoms with Crippen LogP contribution in [0.4, 0.5) is 5.82 Å². The standard InChI is InChI=1S/C16H27N5/c1-5-13-14(12-17)16(20-19-15(13)6-2)18-10-9-11-21(7-3)8-4/h5-11H2,1-4H3,(H,18,20). The van der Waals surface area contributed by atoms with E-state index in [1.165, 1.54) is 0 Å². The van der Waals surface area contributed by atoms with Crippen molar-refractivity contribution in [2.45, 2.75) is 47.0 Å². The Morgan fingerprint density at radius 1 is 1.10 bits per heavy atom. The summed E-state index contributed by atoms with van der Waals surface area (Å²) in [7, 11) is 0. The highest BCUT2D eigenvalue weighted by atomic mass is 15.2. The van der Waals surface area contributed by atoms with E-state index in [1.54, 1.807) is 0 Å². The first-order valence-corrected chi connectivity index (χ1v) is 7.96. The molecular weight excluding hydrogens is 262 g/mol. The van der Waals surface area contributed by atoms with Gasteiger partial charge in [0.1, 0.15) is 11.6 Å². The summed E-state index contributed by atoms with van der Waals surface area (Å²) in [6.07, 6.45) is 2.66. The summed E-state index contributed by atoms with van der Waals surface area (Å²) in [6, 6.07) is 2.29. The van der Waals surface area contributed by atoms with Crippen LogP contribution in [0.5, 0.6) is 0 Å². The summed E-state index contributed by atoms with van der Waals surface area (Å²) in [6.45, 7) is 12.5. The third-order valence-corrected chi connectivity index (χ3v) is 3.80. The van der Waals surface area contributed by atoms with Gasteiger partial charge in [0.15, 0.2) is 5.82 Å². The Morgan fingerprint density at radius 3 is 2.33 bits per heavy atom. The highest BCUT2D eigenvalue weighted by Gasteiger charge is 2.13.